The van der Waals surface area contributed by atoms with Crippen molar-refractivity contribution in [3.63, 3.8) is 0 Å². The number of hydrogen-bond donors (Lipinski definition) is 2. The summed E-state index contributed by atoms with van der Waals surface area (Å²) in [6.07, 6.45) is 2.65. The molecule has 1 heterocycles. The van der Waals surface area contributed by atoms with Gasteiger partial charge in [0.1, 0.15) is 0 Å². The maximum absolute atomic E-state index is 11.8. The lowest BCUT2D eigenvalue weighted by molar-refractivity contribution is -0.127. The molecule has 1 unspecified atom stereocenters. The Hall–Kier alpha value is -0.260. The van der Waals surface area contributed by atoms with E-state index in [-0.39, 0.29) is 12.0 Å². The number of rotatable bonds is 6. The molecule has 5 heteroatoms. The van der Waals surface area contributed by atoms with Crippen molar-refractivity contribution in [2.24, 2.45) is 0 Å². The van der Waals surface area contributed by atoms with Crippen LogP contribution in [0.15, 0.2) is 0 Å². The van der Waals surface area contributed by atoms with Gasteiger partial charge in [0, 0.05) is 18.8 Å². The smallest absolute Gasteiger partial charge is 0.232 e. The van der Waals surface area contributed by atoms with Crippen molar-refractivity contribution < 1.29 is 9.90 Å². The van der Waals surface area contributed by atoms with Crippen LogP contribution >= 0.6 is 11.8 Å². The molecule has 0 saturated carbocycles. The fourth-order valence-electron chi connectivity index (χ4n) is 1.77. The number of aliphatic hydroxyl groups is 1. The molecular weight excluding hydrogens is 236 g/mol. The largest absolute Gasteiger partial charge is 0.393 e. The Bertz CT molecular complexity index is 231. The number of carbonyl (C=O) groups is 1. The van der Waals surface area contributed by atoms with Crippen LogP contribution in [0.1, 0.15) is 26.2 Å². The van der Waals surface area contributed by atoms with E-state index in [9.17, 15) is 4.79 Å². The maximum Gasteiger partial charge on any atom is 0.232 e. The highest BCUT2D eigenvalue weighted by Gasteiger charge is 2.16. The summed E-state index contributed by atoms with van der Waals surface area (Å²) in [6.45, 7) is 4.54. The Kier molecular flexibility index (Phi) is 6.92. The van der Waals surface area contributed by atoms with Crippen molar-refractivity contribution >= 4 is 17.7 Å². The molecule has 1 fully saturated rings. The highest BCUT2D eigenvalue weighted by Crippen LogP contribution is 2.20. The third kappa shape index (κ3) is 6.29. The van der Waals surface area contributed by atoms with Crippen LogP contribution in [0.25, 0.3) is 0 Å². The van der Waals surface area contributed by atoms with Gasteiger partial charge < -0.3 is 15.3 Å². The van der Waals surface area contributed by atoms with Gasteiger partial charge >= 0.3 is 0 Å². The number of thioether (sulfide) groups is 1. The molecule has 0 aromatic carbocycles. The third-order valence-electron chi connectivity index (χ3n) is 3.04. The molecule has 17 heavy (non-hydrogen) atoms. The molecule has 2 N–H and O–H groups in total. The van der Waals surface area contributed by atoms with Crippen LogP contribution in [0, 0.1) is 0 Å². The van der Waals surface area contributed by atoms with E-state index >= 15 is 0 Å². The number of carbonyl (C=O) groups excluding carboxylic acids is 1. The number of aliphatic hydroxyl groups excluding tert-OH is 1. The van der Waals surface area contributed by atoms with E-state index < -0.39 is 0 Å². The molecule has 0 aromatic rings. The second-order valence-corrected chi connectivity index (χ2v) is 6.00. The van der Waals surface area contributed by atoms with Gasteiger partial charge in [-0.3, -0.25) is 4.79 Å². The summed E-state index contributed by atoms with van der Waals surface area (Å²) >= 11 is 1.77. The average Bonchev–Trinajstić information content (AvgIpc) is 2.34. The first kappa shape index (κ1) is 14.8. The molecule has 100 valence electrons. The molecule has 0 bridgehead atoms. The first-order valence-electron chi connectivity index (χ1n) is 6.34. The predicted molar refractivity (Wildman–Crippen MR) is 72.3 cm³/mol. The third-order valence-corrected chi connectivity index (χ3v) is 4.39. The summed E-state index contributed by atoms with van der Waals surface area (Å²) in [5.41, 5.74) is 0. The number of hydrogen-bond acceptors (Lipinski definition) is 4. The molecule has 1 saturated heterocycles. The van der Waals surface area contributed by atoms with Crippen LogP contribution in [-0.2, 0) is 4.79 Å². The molecule has 1 amide bonds. The summed E-state index contributed by atoms with van der Waals surface area (Å²) in [5.74, 6) is 0.746. The zero-order chi connectivity index (χ0) is 12.7. The molecule has 4 nitrogen and oxygen atoms in total. The second kappa shape index (κ2) is 7.95. The first-order chi connectivity index (χ1) is 8.09. The van der Waals surface area contributed by atoms with Crippen LogP contribution in [-0.4, -0.2) is 59.7 Å². The summed E-state index contributed by atoms with van der Waals surface area (Å²) in [4.78, 5) is 13.5. The molecule has 1 aliphatic rings. The van der Waals surface area contributed by atoms with Gasteiger partial charge in [0.2, 0.25) is 5.91 Å². The lowest BCUT2D eigenvalue weighted by Crippen LogP contribution is -2.33. The minimum atomic E-state index is -0.331. The van der Waals surface area contributed by atoms with Gasteiger partial charge in [-0.25, -0.2) is 0 Å². The number of piperidine rings is 1. The van der Waals surface area contributed by atoms with E-state index in [1.165, 1.54) is 0 Å². The number of amides is 1. The summed E-state index contributed by atoms with van der Waals surface area (Å²) < 4.78 is 0. The zero-order valence-electron chi connectivity index (χ0n) is 10.8. The van der Waals surface area contributed by atoms with Crippen molar-refractivity contribution in [2.45, 2.75) is 37.5 Å². The highest BCUT2D eigenvalue weighted by molar-refractivity contribution is 8.00. The molecule has 0 spiro atoms. The Labute approximate surface area is 108 Å². The van der Waals surface area contributed by atoms with E-state index in [0.717, 1.165) is 25.9 Å². The molecule has 1 rings (SSSR count). The normalized spacial score (nSPS) is 19.0. The number of nitrogens with zero attached hydrogens (tertiary/aromatic N) is 1. The predicted octanol–water partition coefficient (Wildman–Crippen LogP) is 0.701. The van der Waals surface area contributed by atoms with Gasteiger partial charge in [-0.2, -0.15) is 0 Å². The fourth-order valence-corrected chi connectivity index (χ4v) is 2.93. The number of nitrogens with one attached hydrogen (secondary N) is 1. The topological polar surface area (TPSA) is 52.6 Å². The second-order valence-electron chi connectivity index (χ2n) is 4.71. The highest BCUT2D eigenvalue weighted by atomic mass is 32.2. The summed E-state index contributed by atoms with van der Waals surface area (Å²) in [6, 6.07) is 0. The Morgan fingerprint density at radius 2 is 2.18 bits per heavy atom. The van der Waals surface area contributed by atoms with Crippen molar-refractivity contribution in [3.05, 3.63) is 0 Å². The fraction of sp³-hybridized carbons (Fsp3) is 0.917. The van der Waals surface area contributed by atoms with Crippen molar-refractivity contribution in [3.8, 4) is 0 Å². The first-order valence-corrected chi connectivity index (χ1v) is 7.39. The van der Waals surface area contributed by atoms with Gasteiger partial charge in [0.15, 0.2) is 0 Å². The van der Waals surface area contributed by atoms with E-state index in [2.05, 4.69) is 5.32 Å². The van der Waals surface area contributed by atoms with E-state index in [0.29, 0.717) is 24.0 Å². The summed E-state index contributed by atoms with van der Waals surface area (Å²) in [7, 11) is 1.81. The summed E-state index contributed by atoms with van der Waals surface area (Å²) in [5, 5.41) is 13.1. The van der Waals surface area contributed by atoms with Gasteiger partial charge in [-0.1, -0.05) is 0 Å². The standard InChI is InChI=1S/C12H24N2O2S/c1-10(15)5-8-14(2)12(16)9-17-11-3-6-13-7-4-11/h10-11,13,15H,3-9H2,1-2H3. The van der Waals surface area contributed by atoms with Crippen molar-refractivity contribution in [1.82, 2.24) is 10.2 Å². The van der Waals surface area contributed by atoms with Crippen LogP contribution < -0.4 is 5.32 Å². The van der Waals surface area contributed by atoms with E-state index in [4.69, 9.17) is 5.11 Å². The van der Waals surface area contributed by atoms with Crippen molar-refractivity contribution in [1.29, 1.82) is 0 Å². The van der Waals surface area contributed by atoms with Crippen LogP contribution in [0.2, 0.25) is 0 Å². The Balaban J connectivity index is 2.14. The van der Waals surface area contributed by atoms with Gasteiger partial charge in [0.05, 0.1) is 11.9 Å². The van der Waals surface area contributed by atoms with Gasteiger partial charge in [-0.15, -0.1) is 11.8 Å². The average molecular weight is 260 g/mol. The molecule has 1 aliphatic heterocycles. The quantitative estimate of drug-likeness (QED) is 0.738. The van der Waals surface area contributed by atoms with Crippen LogP contribution in [0.5, 0.6) is 0 Å². The minimum Gasteiger partial charge on any atom is -0.393 e. The van der Waals surface area contributed by atoms with Crippen LogP contribution in [0.3, 0.4) is 0 Å². The minimum absolute atomic E-state index is 0.175. The molecule has 0 radical (unpaired) electrons. The Morgan fingerprint density at radius 1 is 1.53 bits per heavy atom. The van der Waals surface area contributed by atoms with E-state index in [1.807, 2.05) is 7.05 Å². The Morgan fingerprint density at radius 3 is 2.76 bits per heavy atom. The van der Waals surface area contributed by atoms with Gasteiger partial charge in [0.25, 0.3) is 0 Å². The molecule has 1 atom stereocenters. The lowest BCUT2D eigenvalue weighted by atomic mass is 10.2. The van der Waals surface area contributed by atoms with Crippen molar-refractivity contribution in [2.75, 3.05) is 32.4 Å². The van der Waals surface area contributed by atoms with Gasteiger partial charge in [-0.05, 0) is 39.3 Å². The zero-order valence-corrected chi connectivity index (χ0v) is 11.6. The SMILES string of the molecule is CC(O)CCN(C)C(=O)CSC1CCNCC1. The maximum atomic E-state index is 11.8. The molecular formula is C12H24N2O2S. The molecule has 0 aliphatic carbocycles. The monoisotopic (exact) mass is 260 g/mol. The molecule has 0 aromatic heterocycles. The lowest BCUT2D eigenvalue weighted by Gasteiger charge is -2.23. The van der Waals surface area contributed by atoms with E-state index in [1.54, 1.807) is 23.6 Å². The van der Waals surface area contributed by atoms with Crippen LogP contribution in [0.4, 0.5) is 0 Å².